The highest BCUT2D eigenvalue weighted by molar-refractivity contribution is 8.14. The first kappa shape index (κ1) is 29.9. The molecule has 206 valence electrons. The van der Waals surface area contributed by atoms with E-state index >= 15 is 0 Å². The van der Waals surface area contributed by atoms with Crippen molar-refractivity contribution in [1.82, 2.24) is 0 Å². The molecule has 0 heterocycles. The lowest BCUT2D eigenvalue weighted by molar-refractivity contribution is -0.142. The molecule has 0 N–H and O–H groups in total. The molecule has 40 heavy (non-hydrogen) atoms. The van der Waals surface area contributed by atoms with Gasteiger partial charge in [-0.25, -0.2) is 9.59 Å². The van der Waals surface area contributed by atoms with Crippen LogP contribution in [-0.4, -0.2) is 43.3 Å². The average Bonchev–Trinajstić information content (AvgIpc) is 2.96. The van der Waals surface area contributed by atoms with Crippen molar-refractivity contribution in [2.24, 2.45) is 0 Å². The molecule has 0 amide bonds. The second-order valence-electron chi connectivity index (χ2n) is 8.10. The first-order chi connectivity index (χ1) is 19.2. The van der Waals surface area contributed by atoms with Crippen molar-refractivity contribution in [2.75, 3.05) is 20.3 Å². The SMILES string of the molecule is C=C(F)C(=O)OCCOc1ccc(SC(=O)c2ccc(-c3ccc(OC(=O)C(=C)CC(=O)OC)cc3)cc2)cc1. The van der Waals surface area contributed by atoms with E-state index in [1.165, 1.54) is 7.11 Å². The number of ether oxygens (including phenoxy) is 4. The smallest absolute Gasteiger partial charge is 0.366 e. The molecule has 0 radical (unpaired) electrons. The number of benzene rings is 3. The summed E-state index contributed by atoms with van der Waals surface area (Å²) in [4.78, 5) is 47.8. The third-order valence-corrected chi connectivity index (χ3v) is 6.16. The molecular formula is C30H25FO8S. The molecular weight excluding hydrogens is 539 g/mol. The highest BCUT2D eigenvalue weighted by Gasteiger charge is 2.15. The van der Waals surface area contributed by atoms with Crippen LogP contribution < -0.4 is 9.47 Å². The summed E-state index contributed by atoms with van der Waals surface area (Å²) in [6, 6.07) is 20.6. The molecule has 10 heteroatoms. The van der Waals surface area contributed by atoms with Crippen molar-refractivity contribution in [3.63, 3.8) is 0 Å². The summed E-state index contributed by atoms with van der Waals surface area (Å²) in [7, 11) is 1.22. The van der Waals surface area contributed by atoms with E-state index in [2.05, 4.69) is 22.6 Å². The van der Waals surface area contributed by atoms with Gasteiger partial charge in [0, 0.05) is 16.0 Å². The highest BCUT2D eigenvalue weighted by atomic mass is 32.2. The molecule has 0 aliphatic rings. The maximum absolute atomic E-state index is 12.7. The Morgan fingerprint density at radius 3 is 1.93 bits per heavy atom. The second-order valence-corrected chi connectivity index (χ2v) is 9.14. The van der Waals surface area contributed by atoms with Gasteiger partial charge in [-0.05, 0) is 71.4 Å². The summed E-state index contributed by atoms with van der Waals surface area (Å²) in [6.07, 6.45) is -0.253. The van der Waals surface area contributed by atoms with E-state index in [-0.39, 0.29) is 30.3 Å². The second kappa shape index (κ2) is 14.5. The van der Waals surface area contributed by atoms with Crippen LogP contribution in [0.1, 0.15) is 16.8 Å². The standard InChI is InChI=1S/C30H25FO8S/c1-19(18-27(32)36-3)28(33)39-25-10-8-22(9-11-25)21-4-6-23(7-5-21)30(35)40-26-14-12-24(13-15-26)37-16-17-38-29(34)20(2)31/h4-15H,1-2,16-18H2,3H3. The molecule has 3 aromatic rings. The van der Waals surface area contributed by atoms with Crippen LogP contribution in [-0.2, 0) is 23.9 Å². The van der Waals surface area contributed by atoms with Crippen molar-refractivity contribution in [2.45, 2.75) is 11.3 Å². The molecule has 0 unspecified atom stereocenters. The molecule has 0 atom stereocenters. The summed E-state index contributed by atoms with van der Waals surface area (Å²) in [5.74, 6) is -2.79. The van der Waals surface area contributed by atoms with Crippen LogP contribution in [0.2, 0.25) is 0 Å². The van der Waals surface area contributed by atoms with Gasteiger partial charge in [0.1, 0.15) is 24.7 Å². The molecule has 0 saturated carbocycles. The van der Waals surface area contributed by atoms with E-state index < -0.39 is 23.7 Å². The van der Waals surface area contributed by atoms with Crippen LogP contribution in [0.25, 0.3) is 11.1 Å². The minimum atomic E-state index is -1.17. The molecule has 0 bridgehead atoms. The fourth-order valence-corrected chi connectivity index (χ4v) is 3.89. The zero-order valence-corrected chi connectivity index (χ0v) is 22.3. The number of hydrogen-bond acceptors (Lipinski definition) is 9. The Morgan fingerprint density at radius 2 is 1.35 bits per heavy atom. The highest BCUT2D eigenvalue weighted by Crippen LogP contribution is 2.28. The lowest BCUT2D eigenvalue weighted by Crippen LogP contribution is -2.14. The fourth-order valence-electron chi connectivity index (χ4n) is 3.15. The normalized spacial score (nSPS) is 10.2. The van der Waals surface area contributed by atoms with Crippen LogP contribution in [0.3, 0.4) is 0 Å². The van der Waals surface area contributed by atoms with Crippen LogP contribution >= 0.6 is 11.8 Å². The Morgan fingerprint density at radius 1 is 0.775 bits per heavy atom. The average molecular weight is 565 g/mol. The summed E-state index contributed by atoms with van der Waals surface area (Å²) >= 11 is 1.06. The van der Waals surface area contributed by atoms with Crippen molar-refractivity contribution < 1.29 is 42.5 Å². The van der Waals surface area contributed by atoms with Gasteiger partial charge in [0.25, 0.3) is 0 Å². The predicted molar refractivity (Wildman–Crippen MR) is 147 cm³/mol. The lowest BCUT2D eigenvalue weighted by Gasteiger charge is -2.08. The number of halogens is 1. The van der Waals surface area contributed by atoms with Crippen LogP contribution in [0.15, 0.2) is 102 Å². The minimum Gasteiger partial charge on any atom is -0.490 e. The maximum Gasteiger partial charge on any atom is 0.366 e. The maximum atomic E-state index is 12.7. The Bertz CT molecular complexity index is 1400. The Labute approximate surface area is 234 Å². The third-order valence-electron chi connectivity index (χ3n) is 5.23. The first-order valence-corrected chi connectivity index (χ1v) is 12.6. The van der Waals surface area contributed by atoms with Gasteiger partial charge < -0.3 is 18.9 Å². The van der Waals surface area contributed by atoms with Crippen molar-refractivity contribution in [3.05, 3.63) is 103 Å². The number of carbonyl (C=O) groups is 4. The predicted octanol–water partition coefficient (Wildman–Crippen LogP) is 5.72. The quantitative estimate of drug-likeness (QED) is 0.0898. The summed E-state index contributed by atoms with van der Waals surface area (Å²) < 4.78 is 32.3. The number of carbonyl (C=O) groups excluding carboxylic acids is 4. The molecule has 3 aromatic carbocycles. The molecule has 3 rings (SSSR count). The van der Waals surface area contributed by atoms with Gasteiger partial charge in [-0.15, -0.1) is 0 Å². The number of rotatable bonds is 12. The van der Waals surface area contributed by atoms with Crippen LogP contribution in [0.4, 0.5) is 4.39 Å². The zero-order valence-electron chi connectivity index (χ0n) is 21.5. The molecule has 0 spiro atoms. The van der Waals surface area contributed by atoms with Gasteiger partial charge in [-0.3, -0.25) is 9.59 Å². The van der Waals surface area contributed by atoms with E-state index in [9.17, 15) is 23.6 Å². The summed E-state index contributed by atoms with van der Waals surface area (Å²) in [5.41, 5.74) is 2.21. The topological polar surface area (TPSA) is 105 Å². The molecule has 0 aliphatic carbocycles. The van der Waals surface area contributed by atoms with Gasteiger partial charge in [0.15, 0.2) is 0 Å². The number of hydrogen-bond donors (Lipinski definition) is 0. The Hall–Kier alpha value is -4.70. The summed E-state index contributed by atoms with van der Waals surface area (Å²) in [6.45, 7) is 6.31. The van der Waals surface area contributed by atoms with E-state index in [0.717, 1.165) is 22.9 Å². The largest absolute Gasteiger partial charge is 0.490 e. The van der Waals surface area contributed by atoms with Crippen LogP contribution in [0.5, 0.6) is 11.5 Å². The monoisotopic (exact) mass is 564 g/mol. The van der Waals surface area contributed by atoms with Gasteiger partial charge >= 0.3 is 17.9 Å². The van der Waals surface area contributed by atoms with E-state index in [1.54, 1.807) is 60.7 Å². The van der Waals surface area contributed by atoms with Crippen molar-refractivity contribution in [3.8, 4) is 22.6 Å². The van der Waals surface area contributed by atoms with Gasteiger partial charge in [0.2, 0.25) is 10.9 Å². The zero-order chi connectivity index (χ0) is 29.1. The van der Waals surface area contributed by atoms with E-state index in [4.69, 9.17) is 9.47 Å². The molecule has 0 aromatic heterocycles. The summed E-state index contributed by atoms with van der Waals surface area (Å²) in [5, 5.41) is -0.145. The Balaban J connectivity index is 1.50. The van der Waals surface area contributed by atoms with E-state index in [1.807, 2.05) is 12.1 Å². The van der Waals surface area contributed by atoms with Crippen molar-refractivity contribution >= 4 is 34.8 Å². The molecule has 8 nitrogen and oxygen atoms in total. The van der Waals surface area contributed by atoms with Gasteiger partial charge in [-0.2, -0.15) is 4.39 Å². The number of esters is 3. The van der Waals surface area contributed by atoms with Crippen LogP contribution in [0, 0.1) is 0 Å². The lowest BCUT2D eigenvalue weighted by atomic mass is 10.0. The number of thioether (sulfide) groups is 1. The fraction of sp³-hybridized carbons (Fsp3) is 0.133. The Kier molecular flexibility index (Phi) is 10.8. The van der Waals surface area contributed by atoms with Gasteiger partial charge in [-0.1, -0.05) is 37.4 Å². The van der Waals surface area contributed by atoms with Crippen molar-refractivity contribution in [1.29, 1.82) is 0 Å². The molecule has 0 aliphatic heterocycles. The van der Waals surface area contributed by atoms with E-state index in [0.29, 0.717) is 22.0 Å². The first-order valence-electron chi connectivity index (χ1n) is 11.8. The molecule has 0 saturated heterocycles. The van der Waals surface area contributed by atoms with Gasteiger partial charge in [0.05, 0.1) is 13.5 Å². The minimum absolute atomic E-state index is 0.0131. The number of methoxy groups -OCH3 is 1. The third kappa shape index (κ3) is 8.95. The molecule has 0 fully saturated rings.